The Labute approximate surface area is 189 Å². The number of hydrogen-bond donors (Lipinski definition) is 2. The van der Waals surface area contributed by atoms with Crippen LogP contribution in [0.15, 0.2) is 18.2 Å². The number of ether oxygens (including phenoxy) is 4. The van der Waals surface area contributed by atoms with Crippen molar-refractivity contribution >= 4 is 40.2 Å². The summed E-state index contributed by atoms with van der Waals surface area (Å²) < 4.78 is 20.8. The van der Waals surface area contributed by atoms with Gasteiger partial charge in [-0.2, -0.15) is 0 Å². The van der Waals surface area contributed by atoms with Crippen LogP contribution in [0, 0.1) is 0 Å². The lowest BCUT2D eigenvalue weighted by Gasteiger charge is -2.12. The number of fused-ring (bicyclic) bond motifs is 1. The van der Waals surface area contributed by atoms with E-state index < -0.39 is 24.4 Å². The van der Waals surface area contributed by atoms with Crippen LogP contribution >= 0.6 is 11.3 Å². The Kier molecular flexibility index (Phi) is 7.37. The summed E-state index contributed by atoms with van der Waals surface area (Å²) in [6.45, 7) is -0.501. The molecule has 0 bridgehead atoms. The molecule has 0 aliphatic heterocycles. The first-order chi connectivity index (χ1) is 15.4. The van der Waals surface area contributed by atoms with Crippen molar-refractivity contribution < 1.29 is 33.3 Å². The molecule has 170 valence electrons. The second-order valence-electron chi connectivity index (χ2n) is 6.87. The quantitative estimate of drug-likeness (QED) is 0.435. The van der Waals surface area contributed by atoms with Crippen LogP contribution in [0.5, 0.6) is 17.2 Å². The van der Waals surface area contributed by atoms with Gasteiger partial charge in [-0.3, -0.25) is 9.59 Å². The van der Waals surface area contributed by atoms with Crippen molar-refractivity contribution in [1.29, 1.82) is 0 Å². The molecule has 0 saturated heterocycles. The third kappa shape index (κ3) is 5.02. The maximum Gasteiger partial charge on any atom is 0.331 e. The van der Waals surface area contributed by atoms with Gasteiger partial charge in [-0.05, 0) is 48.6 Å². The number of esters is 1. The number of benzene rings is 1. The van der Waals surface area contributed by atoms with E-state index in [0.29, 0.717) is 33.4 Å². The van der Waals surface area contributed by atoms with Crippen molar-refractivity contribution in [3.63, 3.8) is 0 Å². The Balaban J connectivity index is 1.60. The highest BCUT2D eigenvalue weighted by molar-refractivity contribution is 7.17. The average molecular weight is 461 g/mol. The van der Waals surface area contributed by atoms with Crippen molar-refractivity contribution in [2.24, 2.45) is 5.73 Å². The zero-order valence-electron chi connectivity index (χ0n) is 18.0. The molecule has 0 radical (unpaired) electrons. The number of nitrogens with two attached hydrogens (primary N) is 1. The summed E-state index contributed by atoms with van der Waals surface area (Å²) >= 11 is 1.34. The number of aryl methyl sites for hydroxylation is 1. The predicted octanol–water partition coefficient (Wildman–Crippen LogP) is 2.56. The number of hydrogen-bond acceptors (Lipinski definition) is 8. The molecule has 0 unspecified atom stereocenters. The van der Waals surface area contributed by atoms with E-state index in [2.05, 4.69) is 5.32 Å². The Morgan fingerprint density at radius 3 is 2.38 bits per heavy atom. The number of thiophene rings is 1. The minimum Gasteiger partial charge on any atom is -0.493 e. The highest BCUT2D eigenvalue weighted by atomic mass is 32.1. The lowest BCUT2D eigenvalue weighted by Crippen LogP contribution is -2.22. The first-order valence-corrected chi connectivity index (χ1v) is 10.6. The highest BCUT2D eigenvalue weighted by Crippen LogP contribution is 2.39. The molecule has 0 spiro atoms. The molecule has 1 aliphatic rings. The van der Waals surface area contributed by atoms with Crippen LogP contribution in [-0.2, 0) is 27.2 Å². The number of rotatable bonds is 9. The topological polar surface area (TPSA) is 126 Å². The fourth-order valence-corrected chi connectivity index (χ4v) is 4.77. The van der Waals surface area contributed by atoms with E-state index in [9.17, 15) is 14.4 Å². The van der Waals surface area contributed by atoms with Gasteiger partial charge in [0.1, 0.15) is 5.00 Å². The Morgan fingerprint density at radius 2 is 1.78 bits per heavy atom. The van der Waals surface area contributed by atoms with Crippen molar-refractivity contribution in [3.05, 3.63) is 39.8 Å². The van der Waals surface area contributed by atoms with Crippen molar-refractivity contribution in [2.75, 3.05) is 33.3 Å². The second-order valence-corrected chi connectivity index (χ2v) is 7.98. The molecule has 1 aromatic carbocycles. The summed E-state index contributed by atoms with van der Waals surface area (Å²) in [6.07, 6.45) is 5.27. The minimum atomic E-state index is -0.710. The van der Waals surface area contributed by atoms with Crippen LogP contribution < -0.4 is 25.3 Å². The van der Waals surface area contributed by atoms with Crippen LogP contribution in [0.1, 0.15) is 32.8 Å². The monoisotopic (exact) mass is 460 g/mol. The molecular formula is C22H24N2O7S. The van der Waals surface area contributed by atoms with E-state index in [-0.39, 0.29) is 0 Å². The normalized spacial score (nSPS) is 12.3. The molecule has 3 rings (SSSR count). The molecule has 9 nitrogen and oxygen atoms in total. The van der Waals surface area contributed by atoms with Crippen LogP contribution in [0.3, 0.4) is 0 Å². The average Bonchev–Trinajstić information content (AvgIpc) is 3.35. The number of carbonyl (C=O) groups is 3. The summed E-state index contributed by atoms with van der Waals surface area (Å²) in [6, 6.07) is 3.33. The van der Waals surface area contributed by atoms with Gasteiger partial charge in [0.15, 0.2) is 18.1 Å². The fraction of sp³-hybridized carbons (Fsp3) is 0.318. The standard InChI is InChI=1S/C22H24N2O7S/c1-28-14-9-12(10-15(29-2)20(14)30-3)7-8-18(26)31-11-17(25)24-22-19(21(23)27)13-5-4-6-16(13)32-22/h7-10H,4-6,11H2,1-3H3,(H2,23,27)(H,24,25). The maximum absolute atomic E-state index is 12.2. The molecule has 3 N–H and O–H groups in total. The summed E-state index contributed by atoms with van der Waals surface area (Å²) in [7, 11) is 4.47. The predicted molar refractivity (Wildman–Crippen MR) is 120 cm³/mol. The lowest BCUT2D eigenvalue weighted by molar-refractivity contribution is -0.142. The first kappa shape index (κ1) is 23.1. The molecule has 1 heterocycles. The van der Waals surface area contributed by atoms with Gasteiger partial charge in [0.05, 0.1) is 26.9 Å². The van der Waals surface area contributed by atoms with E-state index in [0.717, 1.165) is 29.7 Å². The van der Waals surface area contributed by atoms with Gasteiger partial charge < -0.3 is 30.0 Å². The number of anilines is 1. The SMILES string of the molecule is COc1cc(C=CC(=O)OCC(=O)Nc2sc3c(c2C(N)=O)CCC3)cc(OC)c1OC. The number of nitrogens with one attached hydrogen (secondary N) is 1. The second kappa shape index (κ2) is 10.2. The Hall–Kier alpha value is -3.53. The third-order valence-corrected chi connectivity index (χ3v) is 6.07. The summed E-state index contributed by atoms with van der Waals surface area (Å²) in [5.41, 5.74) is 7.35. The molecule has 0 saturated carbocycles. The van der Waals surface area contributed by atoms with Gasteiger partial charge in [-0.1, -0.05) is 0 Å². The molecule has 2 aromatic rings. The number of primary amides is 1. The summed E-state index contributed by atoms with van der Waals surface area (Å²) in [5, 5.41) is 3.02. The van der Waals surface area contributed by atoms with E-state index in [1.54, 1.807) is 12.1 Å². The van der Waals surface area contributed by atoms with Gasteiger partial charge in [0.2, 0.25) is 5.75 Å². The Bertz CT molecular complexity index is 1050. The van der Waals surface area contributed by atoms with Crippen LogP contribution in [0.2, 0.25) is 0 Å². The highest BCUT2D eigenvalue weighted by Gasteiger charge is 2.26. The molecular weight excluding hydrogens is 436 g/mol. The third-order valence-electron chi connectivity index (χ3n) is 4.87. The van der Waals surface area contributed by atoms with E-state index in [1.807, 2.05) is 0 Å². The molecule has 10 heteroatoms. The van der Waals surface area contributed by atoms with Crippen molar-refractivity contribution in [3.8, 4) is 17.2 Å². The number of amides is 2. The van der Waals surface area contributed by atoms with Gasteiger partial charge in [-0.25, -0.2) is 4.79 Å². The summed E-state index contributed by atoms with van der Waals surface area (Å²) in [4.78, 5) is 37.1. The van der Waals surface area contributed by atoms with Gasteiger partial charge >= 0.3 is 5.97 Å². The molecule has 0 atom stereocenters. The van der Waals surface area contributed by atoms with Gasteiger partial charge in [0.25, 0.3) is 11.8 Å². The molecule has 1 aliphatic carbocycles. The van der Waals surface area contributed by atoms with Gasteiger partial charge in [-0.15, -0.1) is 11.3 Å². The zero-order valence-corrected chi connectivity index (χ0v) is 18.8. The smallest absolute Gasteiger partial charge is 0.331 e. The van der Waals surface area contributed by atoms with Crippen molar-refractivity contribution in [1.82, 2.24) is 0 Å². The van der Waals surface area contributed by atoms with Crippen molar-refractivity contribution in [2.45, 2.75) is 19.3 Å². The summed E-state index contributed by atoms with van der Waals surface area (Å²) in [5.74, 6) is -0.536. The van der Waals surface area contributed by atoms with E-state index in [1.165, 1.54) is 44.8 Å². The molecule has 32 heavy (non-hydrogen) atoms. The molecule has 1 aromatic heterocycles. The van der Waals surface area contributed by atoms with Gasteiger partial charge in [0, 0.05) is 11.0 Å². The largest absolute Gasteiger partial charge is 0.493 e. The minimum absolute atomic E-state index is 0.351. The van der Waals surface area contributed by atoms with E-state index in [4.69, 9.17) is 24.7 Å². The number of methoxy groups -OCH3 is 3. The maximum atomic E-state index is 12.2. The van der Waals surface area contributed by atoms with Crippen LogP contribution in [-0.4, -0.2) is 45.7 Å². The first-order valence-electron chi connectivity index (χ1n) is 9.77. The Morgan fingerprint density at radius 1 is 1.09 bits per heavy atom. The zero-order chi connectivity index (χ0) is 23.3. The molecule has 0 fully saturated rings. The van der Waals surface area contributed by atoms with Crippen LogP contribution in [0.4, 0.5) is 5.00 Å². The van der Waals surface area contributed by atoms with Crippen LogP contribution in [0.25, 0.3) is 6.08 Å². The molecule has 2 amide bonds. The van der Waals surface area contributed by atoms with E-state index >= 15 is 0 Å². The number of carbonyl (C=O) groups excluding carboxylic acids is 3. The fourth-order valence-electron chi connectivity index (χ4n) is 3.46. The lowest BCUT2D eigenvalue weighted by atomic mass is 10.1.